The number of carbonyl (C=O) groups excluding carboxylic acids is 2. The summed E-state index contributed by atoms with van der Waals surface area (Å²) < 4.78 is 74.8. The van der Waals surface area contributed by atoms with Gasteiger partial charge in [0.25, 0.3) is 0 Å². The summed E-state index contributed by atoms with van der Waals surface area (Å²) in [5, 5.41) is 8.64. The third-order valence-electron chi connectivity index (χ3n) is 4.05. The van der Waals surface area contributed by atoms with Gasteiger partial charge in [-0.2, -0.15) is 0 Å². The van der Waals surface area contributed by atoms with Crippen LogP contribution in [0.3, 0.4) is 0 Å². The quantitative estimate of drug-likeness (QED) is 0.129. The van der Waals surface area contributed by atoms with Crippen molar-refractivity contribution in [1.29, 1.82) is 0 Å². The number of hydrogen-bond acceptors (Lipinski definition) is 4. The zero-order valence-corrected chi connectivity index (χ0v) is 17.0. The lowest BCUT2D eigenvalue weighted by molar-refractivity contribution is -0.155. The fourth-order valence-corrected chi connectivity index (χ4v) is 2.68. The molecule has 0 aliphatic heterocycles. The second-order valence-electron chi connectivity index (χ2n) is 7.61. The number of benzene rings is 2. The number of aliphatic carboxylic acids is 1. The Labute approximate surface area is 179 Å². The fourth-order valence-electron chi connectivity index (χ4n) is 2.68. The number of rotatable bonds is 6. The van der Waals surface area contributed by atoms with Crippen molar-refractivity contribution in [2.24, 2.45) is 0 Å². The van der Waals surface area contributed by atoms with Gasteiger partial charge in [-0.05, 0) is 32.4 Å². The predicted octanol–water partition coefficient (Wildman–Crippen LogP) is 4.79. The molecule has 1 N–H and O–H groups in total. The Morgan fingerprint density at radius 1 is 0.875 bits per heavy atom. The van der Waals surface area contributed by atoms with Crippen molar-refractivity contribution in [2.45, 2.75) is 32.3 Å². The number of carbonyl (C=O) groups is 3. The van der Waals surface area contributed by atoms with Gasteiger partial charge in [0.15, 0.2) is 35.0 Å². The van der Waals surface area contributed by atoms with Gasteiger partial charge in [0.1, 0.15) is 5.60 Å². The molecule has 0 aliphatic carbocycles. The highest BCUT2D eigenvalue weighted by molar-refractivity contribution is 6.13. The summed E-state index contributed by atoms with van der Waals surface area (Å²) in [5.74, 6) is -18.2. The summed E-state index contributed by atoms with van der Waals surface area (Å²) in [4.78, 5) is 36.2. The molecular weight excluding hydrogens is 439 g/mol. The van der Waals surface area contributed by atoms with E-state index in [0.717, 1.165) is 18.2 Å². The maximum atomic E-state index is 14.4. The molecule has 2 aromatic rings. The van der Waals surface area contributed by atoms with Gasteiger partial charge >= 0.3 is 11.9 Å². The molecule has 2 aromatic carbocycles. The zero-order chi connectivity index (χ0) is 24.4. The van der Waals surface area contributed by atoms with Gasteiger partial charge in [0.2, 0.25) is 5.82 Å². The minimum atomic E-state index is -2.49. The van der Waals surface area contributed by atoms with E-state index in [1.54, 1.807) is 0 Å². The van der Waals surface area contributed by atoms with Gasteiger partial charge in [0.05, 0.1) is 5.56 Å². The van der Waals surface area contributed by atoms with Crippen molar-refractivity contribution >= 4 is 23.8 Å². The predicted molar refractivity (Wildman–Crippen MR) is 102 cm³/mol. The second kappa shape index (κ2) is 9.29. The molecule has 0 spiro atoms. The molecule has 10 heteroatoms. The van der Waals surface area contributed by atoms with Crippen molar-refractivity contribution < 1.29 is 46.2 Å². The van der Waals surface area contributed by atoms with Crippen molar-refractivity contribution in [1.82, 2.24) is 0 Å². The Morgan fingerprint density at radius 2 is 1.34 bits per heavy atom. The number of ketones is 1. The number of carboxylic acid groups (broad SMARTS) is 1. The van der Waals surface area contributed by atoms with Crippen LogP contribution in [-0.2, 0) is 14.3 Å². The standard InChI is InChI=1S/C22H17F5O5/c1-22(2,3)32-21(31)14(13-15(23)17(25)19(27)18(26)16(13)24)20(30)11-7-4-10(5-8-11)6-9-12(28)29/h4-9,14H,1-3H3,(H,28,29)/b9-6+. The Balaban J connectivity index is 2.63. The summed E-state index contributed by atoms with van der Waals surface area (Å²) in [6.07, 6.45) is 2.00. The molecule has 1 unspecified atom stereocenters. The minimum absolute atomic E-state index is 0.308. The number of halogens is 5. The molecule has 5 nitrogen and oxygen atoms in total. The van der Waals surface area contributed by atoms with E-state index in [2.05, 4.69) is 0 Å². The van der Waals surface area contributed by atoms with E-state index in [0.29, 0.717) is 5.56 Å². The average molecular weight is 456 g/mol. The first-order valence-electron chi connectivity index (χ1n) is 9.04. The molecule has 0 aromatic heterocycles. The molecule has 32 heavy (non-hydrogen) atoms. The summed E-state index contributed by atoms with van der Waals surface area (Å²) >= 11 is 0. The molecule has 0 saturated carbocycles. The van der Waals surface area contributed by atoms with Crippen LogP contribution < -0.4 is 0 Å². The van der Waals surface area contributed by atoms with Crippen LogP contribution in [0, 0.1) is 29.1 Å². The van der Waals surface area contributed by atoms with E-state index in [9.17, 15) is 36.3 Å². The Bertz CT molecular complexity index is 1070. The topological polar surface area (TPSA) is 80.7 Å². The number of carboxylic acids is 1. The Hall–Kier alpha value is -3.56. The smallest absolute Gasteiger partial charge is 0.328 e. The first-order chi connectivity index (χ1) is 14.7. The van der Waals surface area contributed by atoms with Crippen LogP contribution in [-0.4, -0.2) is 28.4 Å². The molecule has 1 atom stereocenters. The molecule has 0 fully saturated rings. The summed E-state index contributed by atoms with van der Waals surface area (Å²) in [5.41, 5.74) is -2.85. The van der Waals surface area contributed by atoms with Crippen LogP contribution in [0.15, 0.2) is 30.3 Å². The van der Waals surface area contributed by atoms with E-state index < -0.39 is 63.9 Å². The minimum Gasteiger partial charge on any atom is -0.478 e. The van der Waals surface area contributed by atoms with E-state index in [1.807, 2.05) is 0 Å². The SMILES string of the molecule is CC(C)(C)OC(=O)C(C(=O)c1ccc(/C=C/C(=O)O)cc1)c1c(F)c(F)c(F)c(F)c1F. The largest absolute Gasteiger partial charge is 0.478 e. The maximum absolute atomic E-state index is 14.4. The van der Waals surface area contributed by atoms with Crippen molar-refractivity contribution in [3.05, 3.63) is 76.1 Å². The van der Waals surface area contributed by atoms with Gasteiger partial charge < -0.3 is 9.84 Å². The second-order valence-corrected chi connectivity index (χ2v) is 7.61. The normalized spacial score (nSPS) is 12.6. The molecule has 0 amide bonds. The maximum Gasteiger partial charge on any atom is 0.328 e. The van der Waals surface area contributed by atoms with Gasteiger partial charge in [-0.1, -0.05) is 24.3 Å². The van der Waals surface area contributed by atoms with Crippen molar-refractivity contribution in [3.8, 4) is 0 Å². The van der Waals surface area contributed by atoms with Crippen LogP contribution in [0.5, 0.6) is 0 Å². The van der Waals surface area contributed by atoms with Crippen LogP contribution in [0.25, 0.3) is 6.08 Å². The van der Waals surface area contributed by atoms with Crippen LogP contribution in [0.1, 0.15) is 48.2 Å². The van der Waals surface area contributed by atoms with Crippen LogP contribution >= 0.6 is 0 Å². The van der Waals surface area contributed by atoms with Crippen LogP contribution in [0.4, 0.5) is 22.0 Å². The summed E-state index contributed by atoms with van der Waals surface area (Å²) in [6.45, 7) is 4.15. The van der Waals surface area contributed by atoms with Gasteiger partial charge in [-0.3, -0.25) is 9.59 Å². The van der Waals surface area contributed by atoms with Gasteiger partial charge in [-0.15, -0.1) is 0 Å². The molecular formula is C22H17F5O5. The monoisotopic (exact) mass is 456 g/mol. The first-order valence-corrected chi connectivity index (χ1v) is 9.04. The zero-order valence-electron chi connectivity index (χ0n) is 17.0. The van der Waals surface area contributed by atoms with E-state index in [4.69, 9.17) is 9.84 Å². The Morgan fingerprint density at radius 3 is 1.78 bits per heavy atom. The molecule has 0 radical (unpaired) electrons. The van der Waals surface area contributed by atoms with E-state index in [-0.39, 0.29) is 5.56 Å². The molecule has 170 valence electrons. The highest BCUT2D eigenvalue weighted by atomic mass is 19.2. The summed E-state index contributed by atoms with van der Waals surface area (Å²) in [6, 6.07) is 4.73. The molecule has 0 aliphatic rings. The number of ether oxygens (including phenoxy) is 1. The lowest BCUT2D eigenvalue weighted by Gasteiger charge is -2.24. The summed E-state index contributed by atoms with van der Waals surface area (Å²) in [7, 11) is 0. The van der Waals surface area contributed by atoms with E-state index >= 15 is 0 Å². The lowest BCUT2D eigenvalue weighted by Crippen LogP contribution is -2.33. The first kappa shape index (κ1) is 24.7. The number of Topliss-reactive ketones (excluding diaryl/α,β-unsaturated/α-hetero) is 1. The number of hydrogen-bond donors (Lipinski definition) is 1. The average Bonchev–Trinajstić information content (AvgIpc) is 2.71. The molecule has 0 saturated heterocycles. The fraction of sp³-hybridized carbons (Fsp3) is 0.227. The lowest BCUT2D eigenvalue weighted by atomic mass is 9.89. The molecule has 0 bridgehead atoms. The number of esters is 1. The van der Waals surface area contributed by atoms with Crippen LogP contribution in [0.2, 0.25) is 0 Å². The van der Waals surface area contributed by atoms with E-state index in [1.165, 1.54) is 39.0 Å². The highest BCUT2D eigenvalue weighted by Gasteiger charge is 2.41. The third-order valence-corrected chi connectivity index (χ3v) is 4.05. The molecule has 2 rings (SSSR count). The third kappa shape index (κ3) is 5.37. The van der Waals surface area contributed by atoms with Gasteiger partial charge in [-0.25, -0.2) is 26.7 Å². The molecule has 0 heterocycles. The van der Waals surface area contributed by atoms with Crippen molar-refractivity contribution in [3.63, 3.8) is 0 Å². The highest BCUT2D eigenvalue weighted by Crippen LogP contribution is 2.33. The van der Waals surface area contributed by atoms with Gasteiger partial charge in [0, 0.05) is 11.6 Å². The van der Waals surface area contributed by atoms with Crippen molar-refractivity contribution in [2.75, 3.05) is 0 Å². The Kier molecular flexibility index (Phi) is 7.17.